The highest BCUT2D eigenvalue weighted by atomic mass is 16.5. The van der Waals surface area contributed by atoms with E-state index in [0.29, 0.717) is 47.3 Å². The van der Waals surface area contributed by atoms with Gasteiger partial charge in [-0.15, -0.1) is 0 Å². The number of nitrogens with one attached hydrogen (secondary N) is 1. The number of fused-ring (bicyclic) bond motifs is 1. The van der Waals surface area contributed by atoms with E-state index in [1.165, 1.54) is 6.33 Å². The number of piperazine rings is 1. The van der Waals surface area contributed by atoms with E-state index in [1.807, 2.05) is 34.9 Å². The maximum atomic E-state index is 10.1. The monoisotopic (exact) mass is 509 g/mol. The first-order valence-corrected chi connectivity index (χ1v) is 13.2. The first-order valence-electron chi connectivity index (χ1n) is 13.2. The Morgan fingerprint density at radius 2 is 1.89 bits per heavy atom. The lowest BCUT2D eigenvalue weighted by molar-refractivity contribution is 0.191. The minimum atomic E-state index is -0.202. The highest BCUT2D eigenvalue weighted by molar-refractivity contribution is 5.83. The normalized spacial score (nSPS) is 16.7. The average Bonchev–Trinajstić information content (AvgIpc) is 3.57. The maximum Gasteiger partial charge on any atom is 0.245 e. The highest BCUT2D eigenvalue weighted by Gasteiger charge is 2.41. The van der Waals surface area contributed by atoms with Crippen LogP contribution in [0.2, 0.25) is 0 Å². The molecule has 1 saturated carbocycles. The first-order chi connectivity index (χ1) is 18.6. The van der Waals surface area contributed by atoms with Crippen LogP contribution in [-0.2, 0) is 6.54 Å². The van der Waals surface area contributed by atoms with Crippen LogP contribution in [0.15, 0.2) is 54.9 Å². The van der Waals surface area contributed by atoms with Crippen LogP contribution in [0.25, 0.3) is 22.6 Å². The van der Waals surface area contributed by atoms with Gasteiger partial charge in [-0.05, 0) is 43.5 Å². The van der Waals surface area contributed by atoms with Crippen LogP contribution in [0, 0.1) is 11.3 Å². The molecule has 2 aromatic carbocycles. The number of nitrogens with zero attached hydrogens (tertiary/aromatic N) is 6. The van der Waals surface area contributed by atoms with Gasteiger partial charge < -0.3 is 19.4 Å². The molecular weight excluding hydrogens is 478 g/mol. The lowest BCUT2D eigenvalue weighted by atomic mass is 10.1. The number of rotatable bonds is 9. The summed E-state index contributed by atoms with van der Waals surface area (Å²) in [5.74, 6) is 1.81. The molecule has 38 heavy (non-hydrogen) atoms. The number of hydrogen-bond acceptors (Lipinski definition) is 8. The average molecular weight is 510 g/mol. The number of hydrogen-bond donors (Lipinski definition) is 1. The summed E-state index contributed by atoms with van der Waals surface area (Å²) in [4.78, 5) is 16.3. The lowest BCUT2D eigenvalue weighted by Crippen LogP contribution is -2.44. The van der Waals surface area contributed by atoms with Gasteiger partial charge in [-0.1, -0.05) is 30.3 Å². The van der Waals surface area contributed by atoms with Crippen LogP contribution in [0.5, 0.6) is 11.6 Å². The second kappa shape index (κ2) is 10.4. The van der Waals surface area contributed by atoms with Crippen molar-refractivity contribution in [2.24, 2.45) is 0 Å². The molecule has 194 valence electrons. The van der Waals surface area contributed by atoms with Crippen molar-refractivity contribution in [3.63, 3.8) is 0 Å². The van der Waals surface area contributed by atoms with Gasteiger partial charge in [0.2, 0.25) is 5.88 Å². The van der Waals surface area contributed by atoms with Gasteiger partial charge in [0.05, 0.1) is 12.1 Å². The van der Waals surface area contributed by atoms with Crippen molar-refractivity contribution < 1.29 is 9.47 Å². The summed E-state index contributed by atoms with van der Waals surface area (Å²) in [5.41, 5.74) is 3.41. The predicted octanol–water partition coefficient (Wildman–Crippen LogP) is 3.63. The molecule has 4 aromatic rings. The minimum absolute atomic E-state index is 0.202. The summed E-state index contributed by atoms with van der Waals surface area (Å²) < 4.78 is 14.3. The summed E-state index contributed by atoms with van der Waals surface area (Å²) in [5, 5.41) is 13.5. The molecule has 0 radical (unpaired) electrons. The van der Waals surface area contributed by atoms with Crippen LogP contribution < -0.4 is 14.8 Å². The van der Waals surface area contributed by atoms with E-state index in [1.54, 1.807) is 6.07 Å². The van der Waals surface area contributed by atoms with E-state index in [2.05, 4.69) is 45.3 Å². The molecule has 0 amide bonds. The third-order valence-electron chi connectivity index (χ3n) is 7.22. The van der Waals surface area contributed by atoms with E-state index in [-0.39, 0.29) is 5.60 Å². The molecule has 6 rings (SSSR count). The second-order valence-electron chi connectivity index (χ2n) is 10.2. The van der Waals surface area contributed by atoms with Crippen molar-refractivity contribution in [1.29, 1.82) is 5.26 Å². The Bertz CT molecular complexity index is 1470. The van der Waals surface area contributed by atoms with Gasteiger partial charge in [0.15, 0.2) is 11.2 Å². The molecule has 2 aliphatic rings. The third kappa shape index (κ3) is 5.19. The summed E-state index contributed by atoms with van der Waals surface area (Å²) in [7, 11) is 0. The first kappa shape index (κ1) is 24.3. The Morgan fingerprint density at radius 1 is 1.08 bits per heavy atom. The van der Waals surface area contributed by atoms with Crippen LogP contribution in [0.3, 0.4) is 0 Å². The van der Waals surface area contributed by atoms with Crippen molar-refractivity contribution in [2.75, 3.05) is 39.3 Å². The van der Waals surface area contributed by atoms with Crippen molar-refractivity contribution in [1.82, 2.24) is 29.7 Å². The Kier molecular flexibility index (Phi) is 6.66. The Morgan fingerprint density at radius 3 is 2.66 bits per heavy atom. The smallest absolute Gasteiger partial charge is 0.245 e. The molecule has 0 atom stereocenters. The molecule has 2 fully saturated rings. The zero-order valence-electron chi connectivity index (χ0n) is 21.6. The van der Waals surface area contributed by atoms with Crippen LogP contribution in [-0.4, -0.2) is 69.4 Å². The highest BCUT2D eigenvalue weighted by Crippen LogP contribution is 2.41. The van der Waals surface area contributed by atoms with Gasteiger partial charge >= 0.3 is 0 Å². The summed E-state index contributed by atoms with van der Waals surface area (Å²) >= 11 is 0. The molecule has 1 N–H and O–H groups in total. The Labute approximate surface area is 222 Å². The molecule has 0 unspecified atom stereocenters. The van der Waals surface area contributed by atoms with Gasteiger partial charge in [-0.25, -0.2) is 9.97 Å². The SMILES string of the molecule is CC1(Oc2ncnc3c2nc(-c2ccc(OCCN4CCNCC4)cc2C#N)n3Cc2ccccc2)CC1. The quantitative estimate of drug-likeness (QED) is 0.365. The fourth-order valence-corrected chi connectivity index (χ4v) is 4.75. The standard InChI is InChI=1S/C29H31N7O2/c1-29(9-10-29)38-28-25-27(32-20-33-28)36(19-21-5-3-2-4-6-21)26(34-25)24-8-7-23(17-22(24)18-30)37-16-15-35-13-11-31-12-14-35/h2-8,17,20,31H,9-16,19H2,1H3. The fraction of sp³-hybridized carbons (Fsp3) is 0.379. The molecule has 9 nitrogen and oxygen atoms in total. The molecule has 1 aliphatic heterocycles. The second-order valence-corrected chi connectivity index (χ2v) is 10.2. The Balaban J connectivity index is 1.34. The molecular formula is C29H31N7O2. The number of ether oxygens (including phenoxy) is 2. The van der Waals surface area contributed by atoms with Gasteiger partial charge in [0, 0.05) is 38.3 Å². The Hall–Kier alpha value is -4.00. The van der Waals surface area contributed by atoms with Crippen LogP contribution >= 0.6 is 0 Å². The summed E-state index contributed by atoms with van der Waals surface area (Å²) in [6.45, 7) is 8.13. The van der Waals surface area contributed by atoms with Gasteiger partial charge in [-0.2, -0.15) is 10.2 Å². The van der Waals surface area contributed by atoms with E-state index in [0.717, 1.165) is 56.7 Å². The maximum absolute atomic E-state index is 10.1. The van der Waals surface area contributed by atoms with Gasteiger partial charge in [0.1, 0.15) is 36.2 Å². The fourth-order valence-electron chi connectivity index (χ4n) is 4.75. The molecule has 3 heterocycles. The predicted molar refractivity (Wildman–Crippen MR) is 144 cm³/mol. The summed E-state index contributed by atoms with van der Waals surface area (Å²) in [6.07, 6.45) is 3.51. The molecule has 0 bridgehead atoms. The van der Waals surface area contributed by atoms with Crippen molar-refractivity contribution >= 4 is 11.2 Å². The summed E-state index contributed by atoms with van der Waals surface area (Å²) in [6, 6.07) is 18.1. The van der Waals surface area contributed by atoms with E-state index < -0.39 is 0 Å². The van der Waals surface area contributed by atoms with E-state index in [4.69, 9.17) is 14.5 Å². The van der Waals surface area contributed by atoms with Crippen molar-refractivity contribution in [2.45, 2.75) is 31.9 Å². The molecule has 1 aliphatic carbocycles. The third-order valence-corrected chi connectivity index (χ3v) is 7.22. The molecule has 2 aromatic heterocycles. The van der Waals surface area contributed by atoms with Gasteiger partial charge in [0.25, 0.3) is 0 Å². The van der Waals surface area contributed by atoms with Crippen molar-refractivity contribution in [3.8, 4) is 29.1 Å². The number of benzene rings is 2. The number of aromatic nitrogens is 4. The topological polar surface area (TPSA) is 101 Å². The van der Waals surface area contributed by atoms with Crippen molar-refractivity contribution in [3.05, 3.63) is 66.0 Å². The van der Waals surface area contributed by atoms with Crippen LogP contribution in [0.4, 0.5) is 0 Å². The van der Waals surface area contributed by atoms with Crippen LogP contribution in [0.1, 0.15) is 30.9 Å². The van der Waals surface area contributed by atoms with E-state index >= 15 is 0 Å². The number of nitriles is 1. The minimum Gasteiger partial charge on any atom is -0.492 e. The largest absolute Gasteiger partial charge is 0.492 e. The van der Waals surface area contributed by atoms with E-state index in [9.17, 15) is 5.26 Å². The molecule has 1 saturated heterocycles. The zero-order valence-corrected chi connectivity index (χ0v) is 21.6. The lowest BCUT2D eigenvalue weighted by Gasteiger charge is -2.26. The zero-order chi connectivity index (χ0) is 26.0. The molecule has 0 spiro atoms. The molecule has 9 heteroatoms. The number of imidazole rings is 1. The van der Waals surface area contributed by atoms with Gasteiger partial charge in [-0.3, -0.25) is 4.90 Å².